The molecule has 156 valence electrons. The average Bonchev–Trinajstić information content (AvgIpc) is 2.84. The molecule has 1 aliphatic rings. The Balaban J connectivity index is 1.86. The van der Waals surface area contributed by atoms with E-state index in [4.69, 9.17) is 9.47 Å². The first-order chi connectivity index (χ1) is 15.1. The molecule has 0 amide bonds. The lowest BCUT2D eigenvalue weighted by Crippen LogP contribution is -2.36. The monoisotopic (exact) mass is 412 g/mol. The van der Waals surface area contributed by atoms with Gasteiger partial charge in [-0.2, -0.15) is 5.26 Å². The summed E-state index contributed by atoms with van der Waals surface area (Å²) in [6, 6.07) is 10.2. The molecule has 6 nitrogen and oxygen atoms in total. The molecule has 3 aromatic rings. The first-order valence-corrected chi connectivity index (χ1v) is 10.2. The third-order valence-corrected chi connectivity index (χ3v) is 5.70. The van der Waals surface area contributed by atoms with Gasteiger partial charge in [0.25, 0.3) is 5.88 Å². The van der Waals surface area contributed by atoms with E-state index in [1.165, 1.54) is 0 Å². The predicted octanol–water partition coefficient (Wildman–Crippen LogP) is 5.26. The number of benzene rings is 1. The Morgan fingerprint density at radius 1 is 1.10 bits per heavy atom. The van der Waals surface area contributed by atoms with Crippen molar-refractivity contribution in [2.75, 3.05) is 19.5 Å². The molecule has 0 bridgehead atoms. The van der Waals surface area contributed by atoms with E-state index in [0.29, 0.717) is 17.2 Å². The fourth-order valence-electron chi connectivity index (χ4n) is 3.84. The van der Waals surface area contributed by atoms with Crippen molar-refractivity contribution in [3.05, 3.63) is 66.5 Å². The van der Waals surface area contributed by atoms with Gasteiger partial charge in [-0.1, -0.05) is 37.3 Å². The molecule has 1 aromatic carbocycles. The van der Waals surface area contributed by atoms with Gasteiger partial charge in [0.05, 0.1) is 36.5 Å². The average molecular weight is 412 g/mol. The fraction of sp³-hybridized carbons (Fsp3) is 0.240. The van der Waals surface area contributed by atoms with Crippen molar-refractivity contribution in [2.45, 2.75) is 25.3 Å². The number of anilines is 1. The number of allylic oxidation sites excluding steroid dienone is 2. The van der Waals surface area contributed by atoms with Crippen molar-refractivity contribution >= 4 is 16.6 Å². The third kappa shape index (κ3) is 3.82. The Kier molecular flexibility index (Phi) is 5.59. The maximum Gasteiger partial charge on any atom is 0.256 e. The normalized spacial score (nSPS) is 17.4. The van der Waals surface area contributed by atoms with Crippen LogP contribution in [0.3, 0.4) is 0 Å². The maximum atomic E-state index is 9.77. The second-order valence-corrected chi connectivity index (χ2v) is 7.45. The minimum atomic E-state index is -0.241. The van der Waals surface area contributed by atoms with E-state index in [9.17, 15) is 5.26 Å². The van der Waals surface area contributed by atoms with Gasteiger partial charge in [0.2, 0.25) is 0 Å². The van der Waals surface area contributed by atoms with Crippen molar-refractivity contribution in [3.8, 4) is 28.8 Å². The molecule has 0 fully saturated rings. The van der Waals surface area contributed by atoms with E-state index in [0.717, 1.165) is 40.6 Å². The summed E-state index contributed by atoms with van der Waals surface area (Å²) in [5, 5.41) is 14.3. The lowest BCUT2D eigenvalue weighted by atomic mass is 9.87. The van der Waals surface area contributed by atoms with Crippen molar-refractivity contribution < 1.29 is 9.47 Å². The molecule has 31 heavy (non-hydrogen) atoms. The second kappa shape index (κ2) is 8.49. The molecule has 0 aliphatic heterocycles. The summed E-state index contributed by atoms with van der Waals surface area (Å²) in [6.45, 7) is 2.15. The predicted molar refractivity (Wildman–Crippen MR) is 122 cm³/mol. The largest absolute Gasteiger partial charge is 0.491 e. The Labute approximate surface area is 181 Å². The van der Waals surface area contributed by atoms with Crippen LogP contribution in [-0.2, 0) is 0 Å². The van der Waals surface area contributed by atoms with Crippen LogP contribution in [0.4, 0.5) is 5.69 Å². The number of hydrogen-bond acceptors (Lipinski definition) is 6. The highest BCUT2D eigenvalue weighted by Crippen LogP contribution is 2.36. The Hall–Kier alpha value is -3.85. The van der Waals surface area contributed by atoms with Gasteiger partial charge in [-0.25, -0.2) is 4.98 Å². The quantitative estimate of drug-likeness (QED) is 0.595. The van der Waals surface area contributed by atoms with Crippen LogP contribution in [0, 0.1) is 11.3 Å². The summed E-state index contributed by atoms with van der Waals surface area (Å²) < 4.78 is 10.7. The number of nitriles is 1. The summed E-state index contributed by atoms with van der Waals surface area (Å²) in [5.74, 6) is 0.997. The van der Waals surface area contributed by atoms with Crippen LogP contribution in [0.25, 0.3) is 22.0 Å². The summed E-state index contributed by atoms with van der Waals surface area (Å²) in [4.78, 5) is 8.85. The highest BCUT2D eigenvalue weighted by Gasteiger charge is 2.27. The Bertz CT molecular complexity index is 1230. The van der Waals surface area contributed by atoms with Crippen molar-refractivity contribution in [2.24, 2.45) is 0 Å². The molecule has 1 unspecified atom stereocenters. The number of ether oxygens (including phenoxy) is 2. The molecule has 0 saturated carbocycles. The van der Waals surface area contributed by atoms with Crippen LogP contribution in [0.5, 0.6) is 11.6 Å². The molecule has 2 aromatic heterocycles. The van der Waals surface area contributed by atoms with E-state index in [1.54, 1.807) is 26.6 Å². The van der Waals surface area contributed by atoms with Gasteiger partial charge in [-0.15, -0.1) is 0 Å². The molecular formula is C25H24N4O2. The lowest BCUT2D eigenvalue weighted by Gasteiger charge is -2.33. The van der Waals surface area contributed by atoms with Gasteiger partial charge >= 0.3 is 0 Å². The molecule has 1 aliphatic carbocycles. The number of pyridine rings is 2. The summed E-state index contributed by atoms with van der Waals surface area (Å²) >= 11 is 0. The van der Waals surface area contributed by atoms with Crippen LogP contribution < -0.4 is 14.8 Å². The molecule has 0 spiro atoms. The molecule has 1 N–H and O–H groups in total. The number of fused-ring (bicyclic) bond motifs is 1. The summed E-state index contributed by atoms with van der Waals surface area (Å²) in [6.07, 6.45) is 13.5. The molecule has 6 heteroatoms. The third-order valence-electron chi connectivity index (χ3n) is 5.70. The SMILES string of the molecule is CCC1(Nc2c(C#N)cnc3ccc(-c4cnc(OC)c(OC)c4)cc23)C=CC=CC1. The standard InChI is InChI=1S/C25H24N4O2/c1-4-25(10-6-5-7-11-25)29-23-19(14-26)16-27-21-9-8-17(12-20(21)23)18-13-22(30-2)24(31-3)28-15-18/h5-10,12-13,15-16H,4,11H2,1-3H3,(H,27,29). The van der Waals surface area contributed by atoms with Crippen LogP contribution in [0.2, 0.25) is 0 Å². The highest BCUT2D eigenvalue weighted by molar-refractivity contribution is 5.97. The molecule has 4 rings (SSSR count). The van der Waals surface area contributed by atoms with Gasteiger partial charge in [0.1, 0.15) is 6.07 Å². The topological polar surface area (TPSA) is 80.1 Å². The first-order valence-electron chi connectivity index (χ1n) is 10.2. The highest BCUT2D eigenvalue weighted by atomic mass is 16.5. The van der Waals surface area contributed by atoms with Crippen LogP contribution >= 0.6 is 0 Å². The molecule has 0 saturated heterocycles. The van der Waals surface area contributed by atoms with Crippen molar-refractivity contribution in [1.82, 2.24) is 9.97 Å². The lowest BCUT2D eigenvalue weighted by molar-refractivity contribution is 0.343. The van der Waals surface area contributed by atoms with Gasteiger partial charge in [-0.3, -0.25) is 4.98 Å². The van der Waals surface area contributed by atoms with E-state index in [2.05, 4.69) is 46.5 Å². The number of rotatable bonds is 6. The summed E-state index contributed by atoms with van der Waals surface area (Å²) in [5.41, 5.74) is 3.73. The zero-order valence-electron chi connectivity index (χ0n) is 17.8. The zero-order valence-corrected chi connectivity index (χ0v) is 17.8. The van der Waals surface area contributed by atoms with Crippen LogP contribution in [-0.4, -0.2) is 29.7 Å². The van der Waals surface area contributed by atoms with E-state index in [1.807, 2.05) is 30.3 Å². The Morgan fingerprint density at radius 2 is 1.97 bits per heavy atom. The molecule has 2 heterocycles. The maximum absolute atomic E-state index is 9.77. The van der Waals surface area contributed by atoms with E-state index >= 15 is 0 Å². The number of aromatic nitrogens is 2. The van der Waals surface area contributed by atoms with Gasteiger partial charge < -0.3 is 14.8 Å². The van der Waals surface area contributed by atoms with Crippen LogP contribution in [0.1, 0.15) is 25.3 Å². The first kappa shape index (κ1) is 20.4. The van der Waals surface area contributed by atoms with E-state index in [-0.39, 0.29) is 5.54 Å². The number of nitrogens with zero attached hydrogens (tertiary/aromatic N) is 3. The molecule has 0 radical (unpaired) electrons. The Morgan fingerprint density at radius 3 is 2.65 bits per heavy atom. The number of methoxy groups -OCH3 is 2. The van der Waals surface area contributed by atoms with Gasteiger partial charge in [0.15, 0.2) is 5.75 Å². The minimum absolute atomic E-state index is 0.241. The van der Waals surface area contributed by atoms with Crippen LogP contribution in [0.15, 0.2) is 61.0 Å². The zero-order chi connectivity index (χ0) is 21.8. The smallest absolute Gasteiger partial charge is 0.256 e. The second-order valence-electron chi connectivity index (χ2n) is 7.45. The van der Waals surface area contributed by atoms with Crippen molar-refractivity contribution in [3.63, 3.8) is 0 Å². The van der Waals surface area contributed by atoms with E-state index < -0.39 is 0 Å². The minimum Gasteiger partial charge on any atom is -0.491 e. The van der Waals surface area contributed by atoms with Crippen molar-refractivity contribution in [1.29, 1.82) is 5.26 Å². The fourth-order valence-corrected chi connectivity index (χ4v) is 3.84. The molecule has 1 atom stereocenters. The summed E-state index contributed by atoms with van der Waals surface area (Å²) in [7, 11) is 3.15. The number of nitrogens with one attached hydrogen (secondary N) is 1. The molecular weight excluding hydrogens is 388 g/mol. The van der Waals surface area contributed by atoms with Gasteiger partial charge in [0, 0.05) is 23.3 Å². The van der Waals surface area contributed by atoms with Gasteiger partial charge in [-0.05, 0) is 36.6 Å². The number of hydrogen-bond donors (Lipinski definition) is 1.